The summed E-state index contributed by atoms with van der Waals surface area (Å²) in [6.45, 7) is 3.07. The zero-order valence-corrected chi connectivity index (χ0v) is 13.3. The summed E-state index contributed by atoms with van der Waals surface area (Å²) in [7, 11) is 0. The summed E-state index contributed by atoms with van der Waals surface area (Å²) in [6, 6.07) is 16.3. The molecule has 1 fully saturated rings. The number of piperidine rings is 1. The molecule has 0 aromatic heterocycles. The Kier molecular flexibility index (Phi) is 5.33. The van der Waals surface area contributed by atoms with Gasteiger partial charge in [-0.15, -0.1) is 0 Å². The third kappa shape index (κ3) is 4.23. The van der Waals surface area contributed by atoms with Crippen molar-refractivity contribution >= 4 is 11.6 Å². The van der Waals surface area contributed by atoms with Gasteiger partial charge in [-0.25, -0.2) is 0 Å². The van der Waals surface area contributed by atoms with Crippen LogP contribution in [-0.2, 0) is 6.54 Å². The first kappa shape index (κ1) is 15.3. The van der Waals surface area contributed by atoms with E-state index in [9.17, 15) is 0 Å². The molecule has 3 rings (SSSR count). The van der Waals surface area contributed by atoms with E-state index in [1.807, 2.05) is 36.4 Å². The van der Waals surface area contributed by atoms with Gasteiger partial charge in [0.25, 0.3) is 0 Å². The molecule has 1 saturated heterocycles. The van der Waals surface area contributed by atoms with Crippen LogP contribution in [0.15, 0.2) is 48.5 Å². The van der Waals surface area contributed by atoms with Crippen molar-refractivity contribution in [2.75, 3.05) is 13.1 Å². The second kappa shape index (κ2) is 7.63. The van der Waals surface area contributed by atoms with Gasteiger partial charge in [-0.3, -0.25) is 0 Å². The van der Waals surface area contributed by atoms with Gasteiger partial charge >= 0.3 is 0 Å². The quantitative estimate of drug-likeness (QED) is 0.875. The van der Waals surface area contributed by atoms with E-state index in [4.69, 9.17) is 16.3 Å². The van der Waals surface area contributed by atoms with Crippen LogP contribution in [0.5, 0.6) is 11.5 Å². The van der Waals surface area contributed by atoms with Gasteiger partial charge in [0.15, 0.2) is 0 Å². The molecule has 116 valence electrons. The molecule has 4 heteroatoms. The predicted molar refractivity (Wildman–Crippen MR) is 90.7 cm³/mol. The molecule has 2 aromatic carbocycles. The zero-order valence-electron chi connectivity index (χ0n) is 12.5. The largest absolute Gasteiger partial charge is 0.456 e. The molecule has 0 amide bonds. The van der Waals surface area contributed by atoms with Crippen LogP contribution in [0.4, 0.5) is 0 Å². The molecule has 0 saturated carbocycles. The summed E-state index contributed by atoms with van der Waals surface area (Å²) in [5.41, 5.74) is 1.23. The van der Waals surface area contributed by atoms with Crippen LogP contribution in [0.3, 0.4) is 0 Å². The molecule has 0 bridgehead atoms. The molecule has 1 aliphatic heterocycles. The summed E-state index contributed by atoms with van der Waals surface area (Å²) in [5.74, 6) is 1.50. The number of benzene rings is 2. The molecule has 22 heavy (non-hydrogen) atoms. The molecule has 2 aromatic rings. The number of rotatable bonds is 5. The Bertz CT molecular complexity index is 612. The molecule has 1 aliphatic rings. The van der Waals surface area contributed by atoms with E-state index in [-0.39, 0.29) is 0 Å². The Hall–Kier alpha value is -1.55. The molecular weight excluding hydrogens is 296 g/mol. The minimum absolute atomic E-state index is 0.606. The summed E-state index contributed by atoms with van der Waals surface area (Å²) < 4.78 is 5.87. The van der Waals surface area contributed by atoms with Crippen LogP contribution in [0.2, 0.25) is 5.02 Å². The fraction of sp³-hybridized carbons (Fsp3) is 0.333. The van der Waals surface area contributed by atoms with Gasteiger partial charge in [-0.1, -0.05) is 35.9 Å². The highest BCUT2D eigenvalue weighted by Crippen LogP contribution is 2.29. The molecule has 0 atom stereocenters. The molecule has 2 N–H and O–H groups in total. The van der Waals surface area contributed by atoms with Crippen LogP contribution < -0.4 is 15.4 Å². The van der Waals surface area contributed by atoms with E-state index in [0.29, 0.717) is 16.8 Å². The molecule has 0 radical (unpaired) electrons. The van der Waals surface area contributed by atoms with E-state index < -0.39 is 0 Å². The Morgan fingerprint density at radius 3 is 2.73 bits per heavy atom. The summed E-state index contributed by atoms with van der Waals surface area (Å²) >= 11 is 6.13. The fourth-order valence-electron chi connectivity index (χ4n) is 2.66. The lowest BCUT2D eigenvalue weighted by Gasteiger charge is -2.23. The SMILES string of the molecule is Clc1ccccc1Oc1cccc(CNC2CCNCC2)c1. The zero-order chi connectivity index (χ0) is 15.2. The number of ether oxygens (including phenoxy) is 1. The number of nitrogens with one attached hydrogen (secondary N) is 2. The third-order valence-corrected chi connectivity index (χ3v) is 4.21. The number of para-hydroxylation sites is 1. The monoisotopic (exact) mass is 316 g/mol. The lowest BCUT2D eigenvalue weighted by atomic mass is 10.1. The maximum Gasteiger partial charge on any atom is 0.146 e. The normalized spacial score (nSPS) is 15.7. The highest BCUT2D eigenvalue weighted by molar-refractivity contribution is 6.32. The van der Waals surface area contributed by atoms with Crippen molar-refractivity contribution in [3.8, 4) is 11.5 Å². The average molecular weight is 317 g/mol. The first-order valence-corrected chi connectivity index (χ1v) is 8.14. The highest BCUT2D eigenvalue weighted by atomic mass is 35.5. The first-order chi connectivity index (χ1) is 10.8. The number of hydrogen-bond donors (Lipinski definition) is 2. The van der Waals surface area contributed by atoms with Gasteiger partial charge in [0.1, 0.15) is 11.5 Å². The minimum atomic E-state index is 0.606. The first-order valence-electron chi connectivity index (χ1n) is 7.77. The van der Waals surface area contributed by atoms with Crippen LogP contribution in [0.1, 0.15) is 18.4 Å². The van der Waals surface area contributed by atoms with Gasteiger partial charge < -0.3 is 15.4 Å². The van der Waals surface area contributed by atoms with Crippen LogP contribution in [0, 0.1) is 0 Å². The van der Waals surface area contributed by atoms with Crippen LogP contribution >= 0.6 is 11.6 Å². The lowest BCUT2D eigenvalue weighted by molar-refractivity contribution is 0.386. The van der Waals surface area contributed by atoms with E-state index in [2.05, 4.69) is 22.8 Å². The van der Waals surface area contributed by atoms with Crippen LogP contribution in [0.25, 0.3) is 0 Å². The van der Waals surface area contributed by atoms with E-state index >= 15 is 0 Å². The predicted octanol–water partition coefficient (Wildman–Crippen LogP) is 3.97. The number of hydrogen-bond acceptors (Lipinski definition) is 3. The topological polar surface area (TPSA) is 33.3 Å². The van der Waals surface area contributed by atoms with Crippen LogP contribution in [-0.4, -0.2) is 19.1 Å². The molecule has 3 nitrogen and oxygen atoms in total. The Labute approximate surface area is 136 Å². The molecule has 0 aliphatic carbocycles. The minimum Gasteiger partial charge on any atom is -0.456 e. The Morgan fingerprint density at radius 2 is 1.91 bits per heavy atom. The van der Waals surface area contributed by atoms with Gasteiger partial charge in [0.2, 0.25) is 0 Å². The van der Waals surface area contributed by atoms with Gasteiger partial charge in [-0.05, 0) is 55.8 Å². The Balaban J connectivity index is 1.61. The summed E-state index contributed by atoms with van der Waals surface area (Å²) in [5, 5.41) is 7.63. The fourth-order valence-corrected chi connectivity index (χ4v) is 2.84. The second-order valence-electron chi connectivity index (χ2n) is 5.59. The maximum absolute atomic E-state index is 6.13. The van der Waals surface area contributed by atoms with Gasteiger partial charge in [-0.2, -0.15) is 0 Å². The Morgan fingerprint density at radius 1 is 1.09 bits per heavy atom. The van der Waals surface area contributed by atoms with Crippen molar-refractivity contribution in [2.45, 2.75) is 25.4 Å². The molecule has 0 spiro atoms. The van der Waals surface area contributed by atoms with Crippen molar-refractivity contribution in [1.29, 1.82) is 0 Å². The van der Waals surface area contributed by atoms with E-state index in [0.717, 1.165) is 25.4 Å². The number of halogens is 1. The average Bonchev–Trinajstić information content (AvgIpc) is 2.57. The highest BCUT2D eigenvalue weighted by Gasteiger charge is 2.12. The second-order valence-corrected chi connectivity index (χ2v) is 5.99. The van der Waals surface area contributed by atoms with Crippen molar-refractivity contribution in [2.24, 2.45) is 0 Å². The molecular formula is C18H21ClN2O. The smallest absolute Gasteiger partial charge is 0.146 e. The molecule has 1 heterocycles. The lowest BCUT2D eigenvalue weighted by Crippen LogP contribution is -2.39. The standard InChI is InChI=1S/C18H21ClN2O/c19-17-6-1-2-7-18(17)22-16-5-3-4-14(12-16)13-21-15-8-10-20-11-9-15/h1-7,12,15,20-21H,8-11,13H2. The summed E-state index contributed by atoms with van der Waals surface area (Å²) in [6.07, 6.45) is 2.38. The third-order valence-electron chi connectivity index (χ3n) is 3.90. The van der Waals surface area contributed by atoms with Crippen molar-refractivity contribution in [3.05, 3.63) is 59.1 Å². The van der Waals surface area contributed by atoms with Crippen molar-refractivity contribution < 1.29 is 4.74 Å². The van der Waals surface area contributed by atoms with Crippen molar-refractivity contribution in [1.82, 2.24) is 10.6 Å². The van der Waals surface area contributed by atoms with Gasteiger partial charge in [0, 0.05) is 12.6 Å². The van der Waals surface area contributed by atoms with E-state index in [1.54, 1.807) is 0 Å². The van der Waals surface area contributed by atoms with Crippen molar-refractivity contribution in [3.63, 3.8) is 0 Å². The summed E-state index contributed by atoms with van der Waals surface area (Å²) in [4.78, 5) is 0. The van der Waals surface area contributed by atoms with E-state index in [1.165, 1.54) is 18.4 Å². The molecule has 0 unspecified atom stereocenters. The van der Waals surface area contributed by atoms with Gasteiger partial charge in [0.05, 0.1) is 5.02 Å². The maximum atomic E-state index is 6.13.